The highest BCUT2D eigenvalue weighted by Crippen LogP contribution is 2.34. The summed E-state index contributed by atoms with van der Waals surface area (Å²) in [5.41, 5.74) is 4.59. The number of aryl methyl sites for hydroxylation is 1. The Labute approximate surface area is 183 Å². The number of aliphatic hydroxyl groups excluding tert-OH is 1. The second kappa shape index (κ2) is 8.62. The summed E-state index contributed by atoms with van der Waals surface area (Å²) in [4.78, 5) is 3.90. The molecule has 0 aromatic carbocycles. The number of aliphatic hydroxyl groups is 1. The number of fused-ring (bicyclic) bond motifs is 1. The first-order valence-corrected chi connectivity index (χ1v) is 10.0. The zero-order valence-corrected chi connectivity index (χ0v) is 18.1. The maximum absolute atomic E-state index is 13.1. The molecule has 4 aromatic rings. The Kier molecular flexibility index (Phi) is 5.90. The van der Waals surface area contributed by atoms with Crippen molar-refractivity contribution in [1.29, 1.82) is 0 Å². The molecule has 0 aliphatic rings. The lowest BCUT2D eigenvalue weighted by Crippen LogP contribution is -2.12. The quantitative estimate of drug-likeness (QED) is 0.455. The van der Waals surface area contributed by atoms with E-state index in [2.05, 4.69) is 20.5 Å². The molecule has 0 saturated heterocycles. The molecule has 1 atom stereocenters. The normalized spacial score (nSPS) is 12.5. The topological polar surface area (TPSA) is 89.5 Å². The van der Waals surface area contributed by atoms with Crippen LogP contribution < -0.4 is 10.1 Å². The maximum atomic E-state index is 13.1. The van der Waals surface area contributed by atoms with Gasteiger partial charge in [0, 0.05) is 25.4 Å². The standard InChI is InChI=1S/C21H22ClFN6O2/c1-12-17(9-24-2)28(3)27-20(12)13-6-19(21-15(22)8-26-29(21)10-13)31-11-18(30)16-5-4-14(23)7-25-16/h4-8,10,18,24,30H,9,11H2,1-3H3. The van der Waals surface area contributed by atoms with E-state index in [1.54, 1.807) is 4.52 Å². The Bertz CT molecular complexity index is 1220. The molecule has 0 fully saturated rings. The molecule has 1 unspecified atom stereocenters. The number of ether oxygens (including phenoxy) is 1. The lowest BCUT2D eigenvalue weighted by molar-refractivity contribution is 0.105. The van der Waals surface area contributed by atoms with E-state index in [1.165, 1.54) is 18.3 Å². The molecule has 10 heteroatoms. The summed E-state index contributed by atoms with van der Waals surface area (Å²) < 4.78 is 22.5. The molecule has 31 heavy (non-hydrogen) atoms. The van der Waals surface area contributed by atoms with Crippen LogP contribution in [-0.4, -0.2) is 43.1 Å². The van der Waals surface area contributed by atoms with Crippen molar-refractivity contribution in [2.75, 3.05) is 13.7 Å². The fourth-order valence-electron chi connectivity index (χ4n) is 3.48. The molecule has 2 N–H and O–H groups in total. The molecular formula is C21H22ClFN6O2. The molecule has 0 radical (unpaired) electrons. The van der Waals surface area contributed by atoms with E-state index in [1.807, 2.05) is 38.0 Å². The predicted molar refractivity (Wildman–Crippen MR) is 115 cm³/mol. The van der Waals surface area contributed by atoms with Crippen molar-refractivity contribution in [2.24, 2.45) is 7.05 Å². The Balaban J connectivity index is 1.69. The van der Waals surface area contributed by atoms with Crippen LogP contribution >= 0.6 is 11.6 Å². The minimum atomic E-state index is -1.04. The van der Waals surface area contributed by atoms with Gasteiger partial charge in [-0.05, 0) is 37.7 Å². The molecule has 8 nitrogen and oxygen atoms in total. The van der Waals surface area contributed by atoms with Gasteiger partial charge >= 0.3 is 0 Å². The summed E-state index contributed by atoms with van der Waals surface area (Å²) in [7, 11) is 3.78. The molecule has 4 rings (SSSR count). The van der Waals surface area contributed by atoms with Crippen molar-refractivity contribution < 1.29 is 14.2 Å². The van der Waals surface area contributed by atoms with Gasteiger partial charge in [0.2, 0.25) is 0 Å². The van der Waals surface area contributed by atoms with Crippen molar-refractivity contribution >= 4 is 17.1 Å². The monoisotopic (exact) mass is 444 g/mol. The highest BCUT2D eigenvalue weighted by molar-refractivity contribution is 6.34. The summed E-state index contributed by atoms with van der Waals surface area (Å²) in [6, 6.07) is 4.48. The van der Waals surface area contributed by atoms with E-state index < -0.39 is 11.9 Å². The predicted octanol–water partition coefficient (Wildman–Crippen LogP) is 3.06. The molecule has 0 spiro atoms. The zero-order chi connectivity index (χ0) is 22.1. The second-order valence-electron chi connectivity index (χ2n) is 7.18. The molecule has 4 heterocycles. The fraction of sp³-hybridized carbons (Fsp3) is 0.286. The van der Waals surface area contributed by atoms with Gasteiger partial charge in [-0.25, -0.2) is 8.91 Å². The van der Waals surface area contributed by atoms with Crippen molar-refractivity contribution in [2.45, 2.75) is 19.6 Å². The second-order valence-corrected chi connectivity index (χ2v) is 7.59. The minimum absolute atomic E-state index is 0.0918. The number of aromatic nitrogens is 5. The lowest BCUT2D eigenvalue weighted by Gasteiger charge is -2.14. The zero-order valence-electron chi connectivity index (χ0n) is 17.3. The third-order valence-corrected chi connectivity index (χ3v) is 5.34. The highest BCUT2D eigenvalue weighted by atomic mass is 35.5. The number of nitrogens with zero attached hydrogens (tertiary/aromatic N) is 5. The van der Waals surface area contributed by atoms with E-state index in [0.29, 0.717) is 28.5 Å². The lowest BCUT2D eigenvalue weighted by atomic mass is 10.1. The van der Waals surface area contributed by atoms with Crippen LogP contribution in [0.15, 0.2) is 36.8 Å². The summed E-state index contributed by atoms with van der Waals surface area (Å²) in [6.45, 7) is 2.61. The van der Waals surface area contributed by atoms with Gasteiger partial charge in [-0.15, -0.1) is 0 Å². The molecule has 0 saturated carbocycles. The van der Waals surface area contributed by atoms with Gasteiger partial charge < -0.3 is 15.2 Å². The number of halogens is 2. The van der Waals surface area contributed by atoms with Crippen LogP contribution in [0.5, 0.6) is 5.75 Å². The van der Waals surface area contributed by atoms with Crippen LogP contribution in [0.3, 0.4) is 0 Å². The fourth-order valence-corrected chi connectivity index (χ4v) is 3.70. The van der Waals surface area contributed by atoms with Crippen LogP contribution in [0.25, 0.3) is 16.8 Å². The Morgan fingerprint density at radius 1 is 1.32 bits per heavy atom. The van der Waals surface area contributed by atoms with Crippen molar-refractivity contribution in [3.8, 4) is 17.0 Å². The maximum Gasteiger partial charge on any atom is 0.147 e. The van der Waals surface area contributed by atoms with Gasteiger partial charge in [-0.3, -0.25) is 9.67 Å². The molecule has 0 aliphatic heterocycles. The van der Waals surface area contributed by atoms with Crippen LogP contribution in [0.2, 0.25) is 5.02 Å². The van der Waals surface area contributed by atoms with Crippen LogP contribution in [0.1, 0.15) is 23.1 Å². The third kappa shape index (κ3) is 4.12. The smallest absolute Gasteiger partial charge is 0.147 e. The molecule has 162 valence electrons. The summed E-state index contributed by atoms with van der Waals surface area (Å²) >= 11 is 6.32. The highest BCUT2D eigenvalue weighted by Gasteiger charge is 2.19. The summed E-state index contributed by atoms with van der Waals surface area (Å²) in [6.07, 6.45) is 3.38. The molecule has 0 bridgehead atoms. The van der Waals surface area contributed by atoms with Crippen molar-refractivity contribution in [3.63, 3.8) is 0 Å². The molecule has 4 aromatic heterocycles. The van der Waals surface area contributed by atoms with Gasteiger partial charge in [-0.1, -0.05) is 11.6 Å². The first-order chi connectivity index (χ1) is 14.9. The number of hydrogen-bond donors (Lipinski definition) is 2. The van der Waals surface area contributed by atoms with E-state index in [4.69, 9.17) is 16.3 Å². The van der Waals surface area contributed by atoms with E-state index >= 15 is 0 Å². The number of rotatable bonds is 7. The average molecular weight is 445 g/mol. The Morgan fingerprint density at radius 2 is 2.13 bits per heavy atom. The van der Waals surface area contributed by atoms with Crippen LogP contribution in [0, 0.1) is 12.7 Å². The van der Waals surface area contributed by atoms with E-state index in [0.717, 1.165) is 28.7 Å². The van der Waals surface area contributed by atoms with Crippen LogP contribution in [0.4, 0.5) is 4.39 Å². The molecule has 0 aliphatic carbocycles. The first-order valence-electron chi connectivity index (χ1n) is 9.65. The van der Waals surface area contributed by atoms with E-state index in [9.17, 15) is 9.50 Å². The first kappa shape index (κ1) is 21.2. The van der Waals surface area contributed by atoms with Gasteiger partial charge in [0.05, 0.1) is 34.5 Å². The average Bonchev–Trinajstić information content (AvgIpc) is 3.27. The van der Waals surface area contributed by atoms with Gasteiger partial charge in [0.15, 0.2) is 0 Å². The number of nitrogens with one attached hydrogen (secondary N) is 1. The Hall–Kier alpha value is -3.01. The largest absolute Gasteiger partial charge is 0.488 e. The summed E-state index contributed by atoms with van der Waals surface area (Å²) in [5.74, 6) is -0.0259. The summed E-state index contributed by atoms with van der Waals surface area (Å²) in [5, 5.41) is 22.9. The SMILES string of the molecule is CNCc1c(C)c(-c2cc(OCC(O)c3ccc(F)cn3)c3c(Cl)cnn3c2)nn1C. The Morgan fingerprint density at radius 3 is 2.84 bits per heavy atom. The van der Waals surface area contributed by atoms with E-state index in [-0.39, 0.29) is 6.61 Å². The van der Waals surface area contributed by atoms with Gasteiger partial charge in [-0.2, -0.15) is 10.2 Å². The number of pyridine rings is 2. The molecular weight excluding hydrogens is 423 g/mol. The van der Waals surface area contributed by atoms with Gasteiger partial charge in [0.1, 0.15) is 29.8 Å². The van der Waals surface area contributed by atoms with Crippen molar-refractivity contribution in [3.05, 3.63) is 64.6 Å². The third-order valence-electron chi connectivity index (χ3n) is 5.07. The number of hydrogen-bond acceptors (Lipinski definition) is 6. The van der Waals surface area contributed by atoms with Gasteiger partial charge in [0.25, 0.3) is 0 Å². The minimum Gasteiger partial charge on any atom is -0.488 e. The van der Waals surface area contributed by atoms with Crippen LogP contribution in [-0.2, 0) is 13.6 Å². The van der Waals surface area contributed by atoms with Crippen molar-refractivity contribution in [1.82, 2.24) is 29.7 Å². The molecule has 0 amide bonds.